The molecule has 3 nitrogen and oxygen atoms in total. The Morgan fingerprint density at radius 3 is 3.00 bits per heavy atom. The molecule has 1 atom stereocenters. The van der Waals surface area contributed by atoms with Gasteiger partial charge in [0, 0.05) is 29.2 Å². The predicted octanol–water partition coefficient (Wildman–Crippen LogP) is 3.65. The van der Waals surface area contributed by atoms with E-state index < -0.39 is 0 Å². The summed E-state index contributed by atoms with van der Waals surface area (Å²) in [6.07, 6.45) is 3.89. The largest absolute Gasteiger partial charge is 0.305 e. The van der Waals surface area contributed by atoms with Gasteiger partial charge in [-0.1, -0.05) is 25.5 Å². The third-order valence-electron chi connectivity index (χ3n) is 3.00. The van der Waals surface area contributed by atoms with Gasteiger partial charge in [0.1, 0.15) is 11.8 Å². The minimum atomic E-state index is 0.358. The van der Waals surface area contributed by atoms with Crippen molar-refractivity contribution < 1.29 is 0 Å². The normalized spacial score (nSPS) is 12.0. The molecule has 1 unspecified atom stereocenters. The van der Waals surface area contributed by atoms with Crippen molar-refractivity contribution in [3.63, 3.8) is 0 Å². The van der Waals surface area contributed by atoms with Crippen LogP contribution in [0.15, 0.2) is 35.8 Å². The molecule has 0 saturated carbocycles. The van der Waals surface area contributed by atoms with Gasteiger partial charge in [0.05, 0.1) is 0 Å². The minimum Gasteiger partial charge on any atom is -0.305 e. The zero-order valence-electron chi connectivity index (χ0n) is 11.0. The molecule has 0 saturated heterocycles. The van der Waals surface area contributed by atoms with Gasteiger partial charge >= 0.3 is 0 Å². The lowest BCUT2D eigenvalue weighted by Crippen LogP contribution is -2.20. The van der Waals surface area contributed by atoms with Gasteiger partial charge in [0.15, 0.2) is 0 Å². The van der Waals surface area contributed by atoms with Gasteiger partial charge in [0.25, 0.3) is 0 Å². The molecule has 0 radical (unpaired) electrons. The van der Waals surface area contributed by atoms with Crippen molar-refractivity contribution in [2.75, 3.05) is 0 Å². The molecule has 2 rings (SSSR count). The molecule has 0 fully saturated rings. The van der Waals surface area contributed by atoms with E-state index in [-0.39, 0.29) is 0 Å². The van der Waals surface area contributed by atoms with Crippen LogP contribution < -0.4 is 5.32 Å². The third-order valence-corrected chi connectivity index (χ3v) is 3.99. The molecule has 0 amide bonds. The fourth-order valence-corrected chi connectivity index (χ4v) is 2.88. The minimum absolute atomic E-state index is 0.358. The number of thiophene rings is 1. The van der Waals surface area contributed by atoms with Crippen LogP contribution in [-0.4, -0.2) is 4.98 Å². The molecule has 2 aromatic rings. The summed E-state index contributed by atoms with van der Waals surface area (Å²) >= 11 is 1.77. The zero-order chi connectivity index (χ0) is 13.5. The van der Waals surface area contributed by atoms with E-state index >= 15 is 0 Å². The van der Waals surface area contributed by atoms with Crippen molar-refractivity contribution in [1.29, 1.82) is 5.26 Å². The quantitative estimate of drug-likeness (QED) is 0.872. The molecule has 0 spiro atoms. The van der Waals surface area contributed by atoms with Crippen LogP contribution in [0.5, 0.6) is 0 Å². The molecular weight excluding hydrogens is 254 g/mol. The maximum Gasteiger partial charge on any atom is 0.144 e. The molecule has 0 aliphatic heterocycles. The summed E-state index contributed by atoms with van der Waals surface area (Å²) < 4.78 is 0. The predicted molar refractivity (Wildman–Crippen MR) is 77.8 cm³/mol. The second-order valence-corrected chi connectivity index (χ2v) is 5.34. The number of hydrogen-bond acceptors (Lipinski definition) is 4. The highest BCUT2D eigenvalue weighted by Gasteiger charge is 2.12. The summed E-state index contributed by atoms with van der Waals surface area (Å²) in [6, 6.07) is 10.6. The second kappa shape index (κ2) is 7.03. The van der Waals surface area contributed by atoms with Gasteiger partial charge in [-0.3, -0.25) is 0 Å². The van der Waals surface area contributed by atoms with Gasteiger partial charge < -0.3 is 5.32 Å². The van der Waals surface area contributed by atoms with E-state index in [1.165, 1.54) is 4.88 Å². The van der Waals surface area contributed by atoms with Crippen LogP contribution in [0.1, 0.15) is 41.9 Å². The van der Waals surface area contributed by atoms with E-state index in [0.29, 0.717) is 18.3 Å². The zero-order valence-corrected chi connectivity index (χ0v) is 11.8. The number of rotatable bonds is 6. The topological polar surface area (TPSA) is 48.7 Å². The average molecular weight is 271 g/mol. The van der Waals surface area contributed by atoms with E-state index in [1.54, 1.807) is 17.5 Å². The van der Waals surface area contributed by atoms with Crippen molar-refractivity contribution in [3.05, 3.63) is 52.0 Å². The highest BCUT2D eigenvalue weighted by atomic mass is 32.1. The molecule has 19 heavy (non-hydrogen) atoms. The van der Waals surface area contributed by atoms with E-state index in [2.05, 4.69) is 40.8 Å². The maximum atomic E-state index is 9.03. The van der Waals surface area contributed by atoms with E-state index in [4.69, 9.17) is 5.26 Å². The van der Waals surface area contributed by atoms with Crippen LogP contribution in [0.3, 0.4) is 0 Å². The van der Waals surface area contributed by atoms with Gasteiger partial charge in [-0.05, 0) is 23.9 Å². The van der Waals surface area contributed by atoms with E-state index in [0.717, 1.165) is 18.4 Å². The molecule has 0 bridgehead atoms. The number of hydrogen-bond donors (Lipinski definition) is 1. The first kappa shape index (κ1) is 13.7. The summed E-state index contributed by atoms with van der Waals surface area (Å²) in [5, 5.41) is 14.7. The molecule has 4 heteroatoms. The van der Waals surface area contributed by atoms with Gasteiger partial charge in [0.2, 0.25) is 0 Å². The first-order valence-electron chi connectivity index (χ1n) is 6.46. The number of nitrogens with one attached hydrogen (secondary N) is 1. The van der Waals surface area contributed by atoms with Gasteiger partial charge in [-0.15, -0.1) is 11.3 Å². The maximum absolute atomic E-state index is 9.03. The fraction of sp³-hybridized carbons (Fsp3) is 0.333. The number of nitriles is 1. The van der Waals surface area contributed by atoms with Crippen molar-refractivity contribution in [1.82, 2.24) is 10.3 Å². The first-order chi connectivity index (χ1) is 9.35. The van der Waals surface area contributed by atoms with Crippen LogP contribution in [0.4, 0.5) is 0 Å². The van der Waals surface area contributed by atoms with E-state index in [9.17, 15) is 0 Å². The van der Waals surface area contributed by atoms with E-state index in [1.807, 2.05) is 12.1 Å². The Balaban J connectivity index is 2.05. The number of nitrogens with zero attached hydrogens (tertiary/aromatic N) is 2. The lowest BCUT2D eigenvalue weighted by atomic mass is 10.1. The third kappa shape index (κ3) is 3.63. The van der Waals surface area contributed by atoms with Crippen molar-refractivity contribution in [2.45, 2.75) is 32.4 Å². The SMILES string of the molecule is CCCC(NCc1cccnc1C#N)c1cccs1. The summed E-state index contributed by atoms with van der Waals surface area (Å²) in [5.74, 6) is 0. The highest BCUT2D eigenvalue weighted by Crippen LogP contribution is 2.23. The molecule has 2 aromatic heterocycles. The molecular formula is C15H17N3S. The number of pyridine rings is 1. The van der Waals surface area contributed by atoms with Gasteiger partial charge in [-0.2, -0.15) is 5.26 Å². The molecule has 98 valence electrons. The monoisotopic (exact) mass is 271 g/mol. The Kier molecular flexibility index (Phi) is 5.08. The summed E-state index contributed by atoms with van der Waals surface area (Å²) in [7, 11) is 0. The van der Waals surface area contributed by atoms with Gasteiger partial charge in [-0.25, -0.2) is 4.98 Å². The Hall–Kier alpha value is -1.70. The Bertz CT molecular complexity index is 543. The molecule has 0 aliphatic carbocycles. The molecule has 0 aliphatic rings. The molecule has 0 aromatic carbocycles. The van der Waals surface area contributed by atoms with Crippen LogP contribution in [0, 0.1) is 11.3 Å². The van der Waals surface area contributed by atoms with Crippen LogP contribution in [0.25, 0.3) is 0 Å². The summed E-state index contributed by atoms with van der Waals surface area (Å²) in [5.41, 5.74) is 1.47. The van der Waals surface area contributed by atoms with Crippen molar-refractivity contribution >= 4 is 11.3 Å². The smallest absolute Gasteiger partial charge is 0.144 e. The summed E-state index contributed by atoms with van der Waals surface area (Å²) in [6.45, 7) is 2.87. The lowest BCUT2D eigenvalue weighted by Gasteiger charge is -2.17. The fourth-order valence-electron chi connectivity index (χ4n) is 2.04. The lowest BCUT2D eigenvalue weighted by molar-refractivity contribution is 0.499. The Morgan fingerprint density at radius 1 is 1.42 bits per heavy atom. The second-order valence-electron chi connectivity index (χ2n) is 4.36. The average Bonchev–Trinajstić information content (AvgIpc) is 2.97. The Labute approximate surface area is 117 Å². The van der Waals surface area contributed by atoms with Crippen LogP contribution >= 0.6 is 11.3 Å². The number of aromatic nitrogens is 1. The molecule has 1 N–H and O–H groups in total. The standard InChI is InChI=1S/C15H17N3S/c1-2-5-13(15-7-4-9-19-15)18-11-12-6-3-8-17-14(12)10-16/h3-4,6-9,13,18H,2,5,11H2,1H3. The Morgan fingerprint density at radius 2 is 2.32 bits per heavy atom. The highest BCUT2D eigenvalue weighted by molar-refractivity contribution is 7.10. The summed E-state index contributed by atoms with van der Waals surface area (Å²) in [4.78, 5) is 5.44. The van der Waals surface area contributed by atoms with Crippen molar-refractivity contribution in [3.8, 4) is 6.07 Å². The van der Waals surface area contributed by atoms with Crippen molar-refractivity contribution in [2.24, 2.45) is 0 Å². The van der Waals surface area contributed by atoms with Crippen LogP contribution in [0.2, 0.25) is 0 Å². The first-order valence-corrected chi connectivity index (χ1v) is 7.34. The van der Waals surface area contributed by atoms with Crippen LogP contribution in [-0.2, 0) is 6.54 Å². The molecule has 2 heterocycles.